The Morgan fingerprint density at radius 1 is 1.20 bits per heavy atom. The molecule has 0 fully saturated rings. The number of aromatic nitrogens is 3. The average molecular weight is 432 g/mol. The lowest BCUT2D eigenvalue weighted by molar-refractivity contribution is 0.520. The molecule has 30 heavy (non-hydrogen) atoms. The number of sulfonamides is 1. The summed E-state index contributed by atoms with van der Waals surface area (Å²) in [6.45, 7) is 3.98. The summed E-state index contributed by atoms with van der Waals surface area (Å²) in [5.74, 6) is -0.309. The molecular weight excluding hydrogens is 405 g/mol. The first-order valence-electron chi connectivity index (χ1n) is 9.53. The van der Waals surface area contributed by atoms with Crippen LogP contribution in [0.2, 0.25) is 0 Å². The predicted octanol–water partition coefficient (Wildman–Crippen LogP) is 2.70. The van der Waals surface area contributed by atoms with Gasteiger partial charge in [-0.1, -0.05) is 12.1 Å². The van der Waals surface area contributed by atoms with E-state index in [1.807, 2.05) is 24.5 Å². The number of nitrogens with two attached hydrogens (primary N) is 1. The molecule has 2 N–H and O–H groups in total. The van der Waals surface area contributed by atoms with Crippen molar-refractivity contribution in [3.05, 3.63) is 64.7 Å². The minimum absolute atomic E-state index is 0.0741. The van der Waals surface area contributed by atoms with Gasteiger partial charge in [0.1, 0.15) is 11.3 Å². The molecule has 0 radical (unpaired) electrons. The first-order chi connectivity index (χ1) is 14.1. The van der Waals surface area contributed by atoms with E-state index in [0.717, 1.165) is 28.0 Å². The van der Waals surface area contributed by atoms with Gasteiger partial charge >= 0.3 is 0 Å². The van der Waals surface area contributed by atoms with E-state index in [1.165, 1.54) is 24.5 Å². The summed E-state index contributed by atoms with van der Waals surface area (Å²) in [6, 6.07) is 8.66. The van der Waals surface area contributed by atoms with Gasteiger partial charge in [0.2, 0.25) is 10.0 Å². The van der Waals surface area contributed by atoms with E-state index in [2.05, 4.69) is 10.2 Å². The number of hydrogen-bond acceptors (Lipinski definition) is 5. The monoisotopic (exact) mass is 431 g/mol. The molecule has 0 aliphatic rings. The van der Waals surface area contributed by atoms with Gasteiger partial charge < -0.3 is 10.3 Å². The van der Waals surface area contributed by atoms with Crippen molar-refractivity contribution in [3.8, 4) is 0 Å². The Morgan fingerprint density at radius 3 is 2.47 bits per heavy atom. The summed E-state index contributed by atoms with van der Waals surface area (Å²) < 4.78 is 41.8. The highest BCUT2D eigenvalue weighted by Gasteiger charge is 2.19. The molecule has 2 aromatic heterocycles. The minimum atomic E-state index is -3.48. The summed E-state index contributed by atoms with van der Waals surface area (Å²) >= 11 is 0. The molecule has 160 valence electrons. The first kappa shape index (κ1) is 22.1. The van der Waals surface area contributed by atoms with Gasteiger partial charge in [0, 0.05) is 38.3 Å². The fourth-order valence-corrected chi connectivity index (χ4v) is 4.27. The van der Waals surface area contributed by atoms with Crippen molar-refractivity contribution in [2.45, 2.75) is 31.7 Å². The standard InChI is InChI=1S/C21H26FN5O2S/c1-14-11-20-21(25-24-14)19(15(2)27(20)13-17(22)9-10-23)12-16-5-7-18(8-6-16)30(28,29)26(3)4/h5-9,11H,10,12-13,23H2,1-4H3. The number of halogens is 1. The highest BCUT2D eigenvalue weighted by molar-refractivity contribution is 7.89. The molecule has 1 aromatic carbocycles. The molecule has 2 heterocycles. The third kappa shape index (κ3) is 4.28. The van der Waals surface area contributed by atoms with Crippen molar-refractivity contribution in [2.24, 2.45) is 5.73 Å². The van der Waals surface area contributed by atoms with Gasteiger partial charge in [-0.05, 0) is 43.7 Å². The van der Waals surface area contributed by atoms with Crippen LogP contribution in [0.15, 0.2) is 47.1 Å². The van der Waals surface area contributed by atoms with Crippen LogP contribution in [0.1, 0.15) is 22.5 Å². The molecule has 0 atom stereocenters. The Balaban J connectivity index is 2.02. The van der Waals surface area contributed by atoms with Gasteiger partial charge in [0.05, 0.1) is 22.7 Å². The van der Waals surface area contributed by atoms with E-state index in [-0.39, 0.29) is 23.8 Å². The van der Waals surface area contributed by atoms with Crippen LogP contribution in [0.4, 0.5) is 4.39 Å². The lowest BCUT2D eigenvalue weighted by atomic mass is 10.0. The zero-order valence-electron chi connectivity index (χ0n) is 17.6. The molecule has 0 amide bonds. The highest BCUT2D eigenvalue weighted by Crippen LogP contribution is 2.28. The SMILES string of the molecule is Cc1cc2c(nn1)c(Cc1ccc(S(=O)(=O)N(C)C)cc1)c(C)n2CC(F)=CCN. The maximum atomic E-state index is 14.2. The zero-order valence-corrected chi connectivity index (χ0v) is 18.4. The molecule has 0 aliphatic carbocycles. The lowest BCUT2D eigenvalue weighted by Gasteiger charge is -2.12. The first-order valence-corrected chi connectivity index (χ1v) is 11.0. The number of fused-ring (bicyclic) bond motifs is 1. The molecule has 9 heteroatoms. The van der Waals surface area contributed by atoms with Crippen LogP contribution in [0.25, 0.3) is 11.0 Å². The topological polar surface area (TPSA) is 94.1 Å². The molecule has 0 unspecified atom stereocenters. The molecule has 0 spiro atoms. The van der Waals surface area contributed by atoms with Crippen LogP contribution in [0, 0.1) is 13.8 Å². The van der Waals surface area contributed by atoms with E-state index in [4.69, 9.17) is 5.73 Å². The maximum Gasteiger partial charge on any atom is 0.242 e. The van der Waals surface area contributed by atoms with Gasteiger partial charge in [0.25, 0.3) is 0 Å². The van der Waals surface area contributed by atoms with Crippen molar-refractivity contribution >= 4 is 21.1 Å². The Labute approximate surface area is 176 Å². The molecule has 0 aliphatic heterocycles. The second kappa shape index (κ2) is 8.63. The molecule has 0 bridgehead atoms. The molecular formula is C21H26FN5O2S. The smallest absolute Gasteiger partial charge is 0.242 e. The Hall–Kier alpha value is -2.62. The predicted molar refractivity (Wildman–Crippen MR) is 115 cm³/mol. The Morgan fingerprint density at radius 2 is 1.87 bits per heavy atom. The number of hydrogen-bond donors (Lipinski definition) is 1. The average Bonchev–Trinajstić information content (AvgIpc) is 2.93. The van der Waals surface area contributed by atoms with Crippen molar-refractivity contribution in [1.29, 1.82) is 0 Å². The minimum Gasteiger partial charge on any atom is -0.336 e. The van der Waals surface area contributed by atoms with Gasteiger partial charge in [-0.15, -0.1) is 5.10 Å². The zero-order chi connectivity index (χ0) is 22.1. The third-order valence-electron chi connectivity index (χ3n) is 5.05. The van der Waals surface area contributed by atoms with E-state index < -0.39 is 10.0 Å². The second-order valence-corrected chi connectivity index (χ2v) is 9.52. The Bertz CT molecular complexity index is 1200. The molecule has 3 aromatic rings. The molecule has 3 rings (SSSR count). The van der Waals surface area contributed by atoms with Gasteiger partial charge in [-0.25, -0.2) is 17.1 Å². The van der Waals surface area contributed by atoms with Crippen molar-refractivity contribution in [2.75, 3.05) is 20.6 Å². The van der Waals surface area contributed by atoms with E-state index in [0.29, 0.717) is 11.9 Å². The molecule has 7 nitrogen and oxygen atoms in total. The number of benzene rings is 1. The summed E-state index contributed by atoms with van der Waals surface area (Å²) in [7, 11) is -0.480. The van der Waals surface area contributed by atoms with Crippen LogP contribution in [-0.4, -0.2) is 48.1 Å². The summed E-state index contributed by atoms with van der Waals surface area (Å²) in [6.07, 6.45) is 1.88. The number of aryl methyl sites for hydroxylation is 1. The number of allylic oxidation sites excluding steroid dienone is 1. The maximum absolute atomic E-state index is 14.2. The quantitative estimate of drug-likeness (QED) is 0.621. The molecule has 0 saturated heterocycles. The van der Waals surface area contributed by atoms with E-state index in [9.17, 15) is 12.8 Å². The summed E-state index contributed by atoms with van der Waals surface area (Å²) in [5, 5.41) is 8.52. The van der Waals surface area contributed by atoms with E-state index >= 15 is 0 Å². The van der Waals surface area contributed by atoms with Crippen molar-refractivity contribution in [3.63, 3.8) is 0 Å². The van der Waals surface area contributed by atoms with Gasteiger partial charge in [-0.3, -0.25) is 0 Å². The fraction of sp³-hybridized carbons (Fsp3) is 0.333. The summed E-state index contributed by atoms with van der Waals surface area (Å²) in [5.41, 5.74) is 10.4. The van der Waals surface area contributed by atoms with Gasteiger partial charge in [0.15, 0.2) is 0 Å². The van der Waals surface area contributed by atoms with Crippen LogP contribution in [0.5, 0.6) is 0 Å². The van der Waals surface area contributed by atoms with Crippen molar-refractivity contribution < 1.29 is 12.8 Å². The highest BCUT2D eigenvalue weighted by atomic mass is 32.2. The van der Waals surface area contributed by atoms with Crippen LogP contribution in [0.3, 0.4) is 0 Å². The van der Waals surface area contributed by atoms with Crippen LogP contribution in [-0.2, 0) is 23.0 Å². The largest absolute Gasteiger partial charge is 0.336 e. The lowest BCUT2D eigenvalue weighted by Crippen LogP contribution is -2.22. The summed E-state index contributed by atoms with van der Waals surface area (Å²) in [4.78, 5) is 0.236. The second-order valence-electron chi connectivity index (χ2n) is 7.36. The van der Waals surface area contributed by atoms with Crippen LogP contribution < -0.4 is 5.73 Å². The van der Waals surface area contributed by atoms with Crippen molar-refractivity contribution in [1.82, 2.24) is 19.1 Å². The van der Waals surface area contributed by atoms with Gasteiger partial charge in [-0.2, -0.15) is 5.10 Å². The molecule has 0 saturated carbocycles. The number of nitrogens with zero attached hydrogens (tertiary/aromatic N) is 4. The third-order valence-corrected chi connectivity index (χ3v) is 6.87. The van der Waals surface area contributed by atoms with E-state index in [1.54, 1.807) is 24.3 Å². The van der Waals surface area contributed by atoms with Crippen LogP contribution >= 0.6 is 0 Å². The normalized spacial score (nSPS) is 12.8. The Kier molecular flexibility index (Phi) is 6.35. The fourth-order valence-electron chi connectivity index (χ4n) is 3.36. The number of rotatable bonds is 7.